The molecule has 0 aliphatic rings. The van der Waals surface area contributed by atoms with E-state index in [4.69, 9.17) is 0 Å². The average molecular weight is 300 g/mol. The Hall–Kier alpha value is -2.17. The van der Waals surface area contributed by atoms with E-state index in [1.165, 1.54) is 0 Å². The van der Waals surface area contributed by atoms with E-state index in [-0.39, 0.29) is 5.91 Å². The molecule has 2 rings (SSSR count). The summed E-state index contributed by atoms with van der Waals surface area (Å²) in [7, 11) is 0. The van der Waals surface area contributed by atoms with Gasteiger partial charge in [-0.05, 0) is 38.3 Å². The third kappa shape index (κ3) is 3.53. The highest BCUT2D eigenvalue weighted by Gasteiger charge is 2.16. The van der Waals surface area contributed by atoms with E-state index in [0.29, 0.717) is 11.4 Å². The highest BCUT2D eigenvalue weighted by Crippen LogP contribution is 2.13. The molecule has 2 heterocycles. The first-order valence-corrected chi connectivity index (χ1v) is 7.87. The van der Waals surface area contributed by atoms with Gasteiger partial charge < -0.3 is 0 Å². The number of pyridine rings is 1. The Morgan fingerprint density at radius 2 is 1.91 bits per heavy atom. The molecule has 2 aromatic rings. The van der Waals surface area contributed by atoms with Gasteiger partial charge in [-0.1, -0.05) is 32.8 Å². The zero-order valence-corrected chi connectivity index (χ0v) is 13.8. The van der Waals surface area contributed by atoms with Gasteiger partial charge in [-0.2, -0.15) is 5.10 Å². The van der Waals surface area contributed by atoms with Crippen molar-refractivity contribution in [2.45, 2.75) is 53.4 Å². The zero-order chi connectivity index (χ0) is 16.1. The van der Waals surface area contributed by atoms with Crippen molar-refractivity contribution in [1.29, 1.82) is 0 Å². The van der Waals surface area contributed by atoms with Gasteiger partial charge in [0.25, 0.3) is 5.91 Å². The lowest BCUT2D eigenvalue weighted by atomic mass is 10.1. The number of nitrogens with one attached hydrogen (secondary N) is 1. The van der Waals surface area contributed by atoms with Crippen LogP contribution in [0.15, 0.2) is 23.4 Å². The first-order valence-electron chi connectivity index (χ1n) is 7.87. The summed E-state index contributed by atoms with van der Waals surface area (Å²) in [4.78, 5) is 16.9. The number of amides is 1. The Labute approximate surface area is 131 Å². The van der Waals surface area contributed by atoms with Gasteiger partial charge in [-0.25, -0.2) is 10.4 Å². The maximum atomic E-state index is 12.5. The van der Waals surface area contributed by atoms with Crippen LogP contribution < -0.4 is 5.43 Å². The zero-order valence-electron chi connectivity index (χ0n) is 13.8. The fraction of sp³-hybridized carbons (Fsp3) is 0.471. The van der Waals surface area contributed by atoms with Gasteiger partial charge in [0.1, 0.15) is 11.3 Å². The van der Waals surface area contributed by atoms with E-state index in [0.717, 1.165) is 42.6 Å². The molecule has 0 spiro atoms. The first-order chi connectivity index (χ1) is 10.6. The van der Waals surface area contributed by atoms with Crippen LogP contribution in [0.1, 0.15) is 61.3 Å². The third-order valence-electron chi connectivity index (χ3n) is 3.55. The second-order valence-corrected chi connectivity index (χ2v) is 5.60. The Morgan fingerprint density at radius 1 is 1.23 bits per heavy atom. The van der Waals surface area contributed by atoms with Gasteiger partial charge in [0.2, 0.25) is 0 Å². The highest BCUT2D eigenvalue weighted by molar-refractivity contribution is 5.95. The lowest BCUT2D eigenvalue weighted by molar-refractivity contribution is 0.0948. The molecule has 5 heteroatoms. The number of hydrazone groups is 1. The summed E-state index contributed by atoms with van der Waals surface area (Å²) >= 11 is 0. The molecular weight excluding hydrogens is 276 g/mol. The molecule has 0 radical (unpaired) electrons. The lowest BCUT2D eigenvalue weighted by Crippen LogP contribution is -2.22. The minimum atomic E-state index is -0.208. The molecule has 0 aliphatic carbocycles. The summed E-state index contributed by atoms with van der Waals surface area (Å²) in [6.45, 7) is 8.07. The van der Waals surface area contributed by atoms with E-state index in [1.54, 1.807) is 0 Å². The Bertz CT molecular complexity index is 692. The number of carbonyl (C=O) groups is 1. The Kier molecular flexibility index (Phi) is 5.31. The van der Waals surface area contributed by atoms with E-state index in [9.17, 15) is 4.79 Å². The Morgan fingerprint density at radius 3 is 2.55 bits per heavy atom. The molecule has 2 aromatic heterocycles. The van der Waals surface area contributed by atoms with Crippen LogP contribution in [0.2, 0.25) is 0 Å². The summed E-state index contributed by atoms with van der Waals surface area (Å²) in [6, 6.07) is 3.91. The van der Waals surface area contributed by atoms with Crippen molar-refractivity contribution in [3.63, 3.8) is 0 Å². The van der Waals surface area contributed by atoms with Gasteiger partial charge >= 0.3 is 0 Å². The molecule has 1 N–H and O–H groups in total. The molecule has 0 saturated heterocycles. The minimum Gasteiger partial charge on any atom is -0.295 e. The molecule has 1 amide bonds. The SMILES string of the molecule is CCCC(CCC)=NNC(=O)c1c(C)nc2ccc(C)cn12. The normalized spacial score (nSPS) is 10.7. The van der Waals surface area contributed by atoms with E-state index in [1.807, 2.05) is 36.6 Å². The number of aromatic nitrogens is 2. The van der Waals surface area contributed by atoms with Gasteiger partial charge in [0, 0.05) is 11.9 Å². The molecular formula is C17H24N4O. The van der Waals surface area contributed by atoms with Gasteiger partial charge in [0.15, 0.2) is 0 Å². The number of hydrogen-bond donors (Lipinski definition) is 1. The predicted molar refractivity (Wildman–Crippen MR) is 89.4 cm³/mol. The number of hydrogen-bond acceptors (Lipinski definition) is 3. The largest absolute Gasteiger partial charge is 0.295 e. The predicted octanol–water partition coefficient (Wildman–Crippen LogP) is 3.64. The molecule has 0 unspecified atom stereocenters. The molecule has 0 fully saturated rings. The summed E-state index contributed by atoms with van der Waals surface area (Å²) in [5.41, 5.74) is 6.86. The number of carbonyl (C=O) groups excluding carboxylic acids is 1. The molecule has 22 heavy (non-hydrogen) atoms. The second kappa shape index (κ2) is 7.20. The molecule has 5 nitrogen and oxygen atoms in total. The Balaban J connectivity index is 2.27. The standard InChI is InChI=1S/C17H24N4O/c1-5-7-14(8-6-2)19-20-17(22)16-13(4)18-15-10-9-12(3)11-21(15)16/h9-11H,5-8H2,1-4H3,(H,20,22). The van der Waals surface area contributed by atoms with Crippen LogP contribution in [-0.2, 0) is 0 Å². The van der Waals surface area contributed by atoms with Crippen molar-refractivity contribution >= 4 is 17.3 Å². The maximum Gasteiger partial charge on any atom is 0.290 e. The van der Waals surface area contributed by atoms with Crippen molar-refractivity contribution in [3.8, 4) is 0 Å². The van der Waals surface area contributed by atoms with Crippen molar-refractivity contribution in [3.05, 3.63) is 35.3 Å². The van der Waals surface area contributed by atoms with E-state index in [2.05, 4.69) is 29.4 Å². The molecule has 0 aliphatic heterocycles. The van der Waals surface area contributed by atoms with Crippen molar-refractivity contribution in [1.82, 2.24) is 14.8 Å². The van der Waals surface area contributed by atoms with Crippen molar-refractivity contribution < 1.29 is 4.79 Å². The van der Waals surface area contributed by atoms with Gasteiger partial charge in [-0.15, -0.1) is 0 Å². The number of rotatable bonds is 6. The summed E-state index contributed by atoms with van der Waals surface area (Å²) in [6.07, 6.45) is 5.82. The smallest absolute Gasteiger partial charge is 0.290 e. The highest BCUT2D eigenvalue weighted by atomic mass is 16.2. The quantitative estimate of drug-likeness (QED) is 0.654. The molecule has 0 atom stereocenters. The molecule has 118 valence electrons. The first kappa shape index (κ1) is 16.2. The van der Waals surface area contributed by atoms with Crippen molar-refractivity contribution in [2.24, 2.45) is 5.10 Å². The van der Waals surface area contributed by atoms with E-state index < -0.39 is 0 Å². The van der Waals surface area contributed by atoms with Gasteiger partial charge in [-0.3, -0.25) is 9.20 Å². The van der Waals surface area contributed by atoms with Crippen molar-refractivity contribution in [2.75, 3.05) is 0 Å². The fourth-order valence-electron chi connectivity index (χ4n) is 2.54. The molecule has 0 aromatic carbocycles. The lowest BCUT2D eigenvalue weighted by Gasteiger charge is -2.06. The minimum absolute atomic E-state index is 0.208. The summed E-state index contributed by atoms with van der Waals surface area (Å²) in [5, 5.41) is 4.31. The number of nitrogens with zero attached hydrogens (tertiary/aromatic N) is 3. The second-order valence-electron chi connectivity index (χ2n) is 5.60. The molecule has 0 bridgehead atoms. The van der Waals surface area contributed by atoms with Crippen LogP contribution in [-0.4, -0.2) is 21.0 Å². The van der Waals surface area contributed by atoms with Crippen LogP contribution >= 0.6 is 0 Å². The van der Waals surface area contributed by atoms with Gasteiger partial charge in [0.05, 0.1) is 5.69 Å². The van der Waals surface area contributed by atoms with E-state index >= 15 is 0 Å². The van der Waals surface area contributed by atoms with Crippen LogP contribution in [0.3, 0.4) is 0 Å². The topological polar surface area (TPSA) is 58.8 Å². The number of aryl methyl sites for hydroxylation is 2. The fourth-order valence-corrected chi connectivity index (χ4v) is 2.54. The third-order valence-corrected chi connectivity index (χ3v) is 3.55. The average Bonchev–Trinajstić information content (AvgIpc) is 2.80. The summed E-state index contributed by atoms with van der Waals surface area (Å²) < 4.78 is 1.83. The maximum absolute atomic E-state index is 12.5. The monoisotopic (exact) mass is 300 g/mol. The van der Waals surface area contributed by atoms with Crippen LogP contribution in [0.4, 0.5) is 0 Å². The van der Waals surface area contributed by atoms with Crippen LogP contribution in [0.25, 0.3) is 5.65 Å². The summed E-state index contributed by atoms with van der Waals surface area (Å²) in [5.74, 6) is -0.208. The van der Waals surface area contributed by atoms with Crippen LogP contribution in [0, 0.1) is 13.8 Å². The van der Waals surface area contributed by atoms with Crippen LogP contribution in [0.5, 0.6) is 0 Å². The number of imidazole rings is 1. The number of fused-ring (bicyclic) bond motifs is 1. The molecule has 0 saturated carbocycles.